The van der Waals surface area contributed by atoms with Gasteiger partial charge in [-0.1, -0.05) is 29.3 Å². The minimum Gasteiger partial charge on any atom is -0.489 e. The van der Waals surface area contributed by atoms with Crippen LogP contribution in [0.3, 0.4) is 0 Å². The molecule has 0 aromatic heterocycles. The van der Waals surface area contributed by atoms with Crippen LogP contribution in [0.1, 0.15) is 25.7 Å². The van der Waals surface area contributed by atoms with E-state index in [-0.39, 0.29) is 0 Å². The highest BCUT2D eigenvalue weighted by Gasteiger charge is 2.21. The summed E-state index contributed by atoms with van der Waals surface area (Å²) in [5.41, 5.74) is 5.93. The molecule has 0 unspecified atom stereocenters. The molecule has 0 radical (unpaired) electrons. The summed E-state index contributed by atoms with van der Waals surface area (Å²) < 4.78 is 5.72. The molecule has 1 saturated carbocycles. The van der Waals surface area contributed by atoms with Crippen LogP contribution >= 0.6 is 23.2 Å². The van der Waals surface area contributed by atoms with Crippen molar-refractivity contribution in [3.8, 4) is 5.75 Å². The van der Waals surface area contributed by atoms with Crippen LogP contribution in [0.5, 0.6) is 5.75 Å². The first kappa shape index (κ1) is 15.9. The zero-order valence-electron chi connectivity index (χ0n) is 11.8. The van der Waals surface area contributed by atoms with Gasteiger partial charge in [-0.3, -0.25) is 0 Å². The number of benzene rings is 1. The molecule has 0 saturated heterocycles. The molecule has 3 nitrogen and oxygen atoms in total. The van der Waals surface area contributed by atoms with Crippen LogP contribution in [0.25, 0.3) is 0 Å². The van der Waals surface area contributed by atoms with E-state index in [0.29, 0.717) is 34.5 Å². The Labute approximate surface area is 131 Å². The summed E-state index contributed by atoms with van der Waals surface area (Å²) in [6.45, 7) is 1.45. The molecule has 1 aliphatic rings. The summed E-state index contributed by atoms with van der Waals surface area (Å²) in [7, 11) is 2.14. The average Bonchev–Trinajstić information content (AvgIpc) is 2.42. The van der Waals surface area contributed by atoms with Crippen molar-refractivity contribution in [2.24, 2.45) is 5.73 Å². The third kappa shape index (κ3) is 4.26. The molecule has 0 heterocycles. The van der Waals surface area contributed by atoms with E-state index in [1.54, 1.807) is 12.1 Å². The lowest BCUT2D eigenvalue weighted by Gasteiger charge is -2.33. The summed E-state index contributed by atoms with van der Waals surface area (Å²) in [4.78, 5) is 2.34. The zero-order chi connectivity index (χ0) is 14.5. The molecule has 112 valence electrons. The highest BCUT2D eigenvalue weighted by molar-refractivity contribution is 6.37. The summed E-state index contributed by atoms with van der Waals surface area (Å²) in [6, 6.07) is 6.39. The Balaban J connectivity index is 1.78. The molecule has 1 aliphatic carbocycles. The molecule has 0 aliphatic heterocycles. The standard InChI is InChI=1S/C15H22Cl2N2O/c1-19(12-7-5-11(18)6-8-12)9-10-20-15-13(16)3-2-4-14(15)17/h2-4,11-12H,5-10,18H2,1H3. The summed E-state index contributed by atoms with van der Waals surface area (Å²) in [6.07, 6.45) is 4.58. The van der Waals surface area contributed by atoms with E-state index in [2.05, 4.69) is 11.9 Å². The second kappa shape index (κ2) is 7.51. The lowest BCUT2D eigenvalue weighted by molar-refractivity contribution is 0.154. The van der Waals surface area contributed by atoms with Crippen molar-refractivity contribution in [2.45, 2.75) is 37.8 Å². The first-order valence-electron chi connectivity index (χ1n) is 7.10. The van der Waals surface area contributed by atoms with Crippen molar-refractivity contribution < 1.29 is 4.74 Å². The van der Waals surface area contributed by atoms with Gasteiger partial charge in [0.15, 0.2) is 5.75 Å². The SMILES string of the molecule is CN(CCOc1c(Cl)cccc1Cl)C1CCC(N)CC1. The summed E-state index contributed by atoms with van der Waals surface area (Å²) >= 11 is 12.1. The van der Waals surface area contributed by atoms with E-state index in [1.807, 2.05) is 6.07 Å². The lowest BCUT2D eigenvalue weighted by Crippen LogP contribution is -2.40. The van der Waals surface area contributed by atoms with Crippen molar-refractivity contribution in [3.63, 3.8) is 0 Å². The van der Waals surface area contributed by atoms with Crippen molar-refractivity contribution >= 4 is 23.2 Å². The van der Waals surface area contributed by atoms with Crippen LogP contribution in [0.2, 0.25) is 10.0 Å². The van der Waals surface area contributed by atoms with Crippen molar-refractivity contribution in [3.05, 3.63) is 28.2 Å². The number of rotatable bonds is 5. The van der Waals surface area contributed by atoms with Crippen molar-refractivity contribution in [2.75, 3.05) is 20.2 Å². The predicted octanol–water partition coefficient (Wildman–Crippen LogP) is 3.57. The van der Waals surface area contributed by atoms with Crippen LogP contribution in [0.15, 0.2) is 18.2 Å². The number of hydrogen-bond acceptors (Lipinski definition) is 3. The van der Waals surface area contributed by atoms with Gasteiger partial charge in [-0.15, -0.1) is 0 Å². The minimum atomic E-state index is 0.387. The predicted molar refractivity (Wildman–Crippen MR) is 84.8 cm³/mol. The Kier molecular flexibility index (Phi) is 5.97. The molecule has 2 N–H and O–H groups in total. The Bertz CT molecular complexity index is 414. The molecule has 2 rings (SSSR count). The first-order chi connectivity index (χ1) is 9.58. The fraction of sp³-hybridized carbons (Fsp3) is 0.600. The highest BCUT2D eigenvalue weighted by Crippen LogP contribution is 2.32. The van der Waals surface area contributed by atoms with Gasteiger partial charge < -0.3 is 15.4 Å². The van der Waals surface area contributed by atoms with E-state index >= 15 is 0 Å². The van der Waals surface area contributed by atoms with E-state index in [9.17, 15) is 0 Å². The van der Waals surface area contributed by atoms with Crippen LogP contribution in [-0.2, 0) is 0 Å². The maximum atomic E-state index is 6.07. The van der Waals surface area contributed by atoms with Gasteiger partial charge >= 0.3 is 0 Å². The number of nitrogens with two attached hydrogens (primary N) is 1. The fourth-order valence-electron chi connectivity index (χ4n) is 2.64. The van der Waals surface area contributed by atoms with E-state index in [0.717, 1.165) is 19.4 Å². The average molecular weight is 317 g/mol. The number of nitrogens with zero attached hydrogens (tertiary/aromatic N) is 1. The normalized spacial score (nSPS) is 23.1. The maximum absolute atomic E-state index is 6.07. The molecule has 0 amide bonds. The summed E-state index contributed by atoms with van der Waals surface area (Å²) in [5, 5.41) is 1.12. The molecular formula is C15H22Cl2N2O. The maximum Gasteiger partial charge on any atom is 0.156 e. The Morgan fingerprint density at radius 2 is 1.80 bits per heavy atom. The van der Waals surface area contributed by atoms with Gasteiger partial charge in [-0.05, 0) is 44.9 Å². The third-order valence-electron chi connectivity index (χ3n) is 3.97. The zero-order valence-corrected chi connectivity index (χ0v) is 13.3. The topological polar surface area (TPSA) is 38.5 Å². The molecule has 1 aromatic rings. The van der Waals surface area contributed by atoms with E-state index in [1.165, 1.54) is 12.8 Å². The minimum absolute atomic E-state index is 0.387. The van der Waals surface area contributed by atoms with Gasteiger partial charge in [0.05, 0.1) is 10.0 Å². The third-order valence-corrected chi connectivity index (χ3v) is 4.57. The number of likely N-dealkylation sites (N-methyl/N-ethyl adjacent to an activating group) is 1. The molecule has 20 heavy (non-hydrogen) atoms. The molecule has 0 spiro atoms. The number of halogens is 2. The second-order valence-corrected chi connectivity index (χ2v) is 6.26. The highest BCUT2D eigenvalue weighted by atomic mass is 35.5. The fourth-order valence-corrected chi connectivity index (χ4v) is 3.14. The largest absolute Gasteiger partial charge is 0.489 e. The lowest BCUT2D eigenvalue weighted by atomic mass is 9.91. The monoisotopic (exact) mass is 316 g/mol. The van der Waals surface area contributed by atoms with Gasteiger partial charge in [0.25, 0.3) is 0 Å². The van der Waals surface area contributed by atoms with E-state index in [4.69, 9.17) is 33.7 Å². The van der Waals surface area contributed by atoms with E-state index < -0.39 is 0 Å². The number of para-hydroxylation sites is 1. The molecule has 0 bridgehead atoms. The number of hydrogen-bond donors (Lipinski definition) is 1. The van der Waals surface area contributed by atoms with Crippen molar-refractivity contribution in [1.82, 2.24) is 4.90 Å². The van der Waals surface area contributed by atoms with Crippen LogP contribution in [0, 0.1) is 0 Å². The van der Waals surface area contributed by atoms with Gasteiger partial charge in [0.2, 0.25) is 0 Å². The first-order valence-corrected chi connectivity index (χ1v) is 7.86. The summed E-state index contributed by atoms with van der Waals surface area (Å²) in [5.74, 6) is 0.579. The van der Waals surface area contributed by atoms with Crippen LogP contribution in [0.4, 0.5) is 0 Å². The Morgan fingerprint density at radius 3 is 2.40 bits per heavy atom. The Morgan fingerprint density at radius 1 is 1.20 bits per heavy atom. The van der Waals surface area contributed by atoms with Gasteiger partial charge in [0.1, 0.15) is 6.61 Å². The molecule has 1 aromatic carbocycles. The molecule has 5 heteroatoms. The van der Waals surface area contributed by atoms with Crippen molar-refractivity contribution in [1.29, 1.82) is 0 Å². The Hall–Kier alpha value is -0.480. The number of ether oxygens (including phenoxy) is 1. The second-order valence-electron chi connectivity index (χ2n) is 5.45. The van der Waals surface area contributed by atoms with Gasteiger partial charge in [-0.2, -0.15) is 0 Å². The van der Waals surface area contributed by atoms with Crippen LogP contribution in [-0.4, -0.2) is 37.2 Å². The van der Waals surface area contributed by atoms with Gasteiger partial charge in [0, 0.05) is 18.6 Å². The van der Waals surface area contributed by atoms with Gasteiger partial charge in [-0.25, -0.2) is 0 Å². The molecular weight excluding hydrogens is 295 g/mol. The van der Waals surface area contributed by atoms with Crippen LogP contribution < -0.4 is 10.5 Å². The molecule has 0 atom stereocenters. The quantitative estimate of drug-likeness (QED) is 0.902. The smallest absolute Gasteiger partial charge is 0.156 e. The molecule has 1 fully saturated rings.